The van der Waals surface area contributed by atoms with Crippen LogP contribution in [0.1, 0.15) is 34.0 Å². The van der Waals surface area contributed by atoms with Gasteiger partial charge in [0.05, 0.1) is 31.2 Å². The van der Waals surface area contributed by atoms with Crippen LogP contribution in [0.15, 0.2) is 62.6 Å². The second-order valence-corrected chi connectivity index (χ2v) is 12.4. The molecule has 13 heteroatoms. The van der Waals surface area contributed by atoms with Gasteiger partial charge < -0.3 is 0 Å². The van der Waals surface area contributed by atoms with Crippen molar-refractivity contribution in [3.05, 3.63) is 132 Å². The maximum Gasteiger partial charge on any atom is 0.275 e. The van der Waals surface area contributed by atoms with Crippen LogP contribution in [0.2, 0.25) is 30.1 Å². The molecule has 5 aromatic rings. The minimum atomic E-state index is -0.794. The first-order chi connectivity index (χ1) is 18.9. The predicted molar refractivity (Wildman–Crippen MR) is 167 cm³/mol. The van der Waals surface area contributed by atoms with Crippen LogP contribution in [0, 0.1) is 13.8 Å². The lowest BCUT2D eigenvalue weighted by atomic mass is 9.85. The van der Waals surface area contributed by atoms with E-state index in [1.165, 1.54) is 33.6 Å². The molecule has 0 amide bonds. The summed E-state index contributed by atoms with van der Waals surface area (Å²) < 4.78 is 3.34. The molecule has 0 aliphatic rings. The van der Waals surface area contributed by atoms with E-state index in [9.17, 15) is 9.59 Å². The van der Waals surface area contributed by atoms with Gasteiger partial charge in [-0.1, -0.05) is 97.7 Å². The molecule has 5 rings (SSSR count). The Kier molecular flexibility index (Phi) is 8.30. The molecule has 0 saturated carbocycles. The molecule has 2 N–H and O–H groups in total. The van der Waals surface area contributed by atoms with Gasteiger partial charge in [-0.05, 0) is 55.8 Å². The van der Waals surface area contributed by atoms with Gasteiger partial charge >= 0.3 is 0 Å². The molecule has 0 fully saturated rings. The second kappa shape index (κ2) is 11.3. The van der Waals surface area contributed by atoms with Gasteiger partial charge in [0, 0.05) is 31.8 Å². The molecule has 206 valence electrons. The summed E-state index contributed by atoms with van der Waals surface area (Å²) in [5, 5.41) is 7.51. The van der Waals surface area contributed by atoms with Crippen molar-refractivity contribution in [2.24, 2.45) is 0 Å². The lowest BCUT2D eigenvalue weighted by molar-refractivity contribution is 0.831. The zero-order valence-corrected chi connectivity index (χ0v) is 26.7. The Hall–Kier alpha value is -2.10. The van der Waals surface area contributed by atoms with Crippen LogP contribution in [0.3, 0.4) is 0 Å². The number of rotatable bonds is 5. The number of halogens is 7. The molecule has 40 heavy (non-hydrogen) atoms. The SMILES string of the molecule is Cc1[nH]n(-c2c(Cl)cc(Cl)cc2Cl)c(=O)c1C(c1ccc(Br)cc1)c1c(C)[nH]n(-c2c(Cl)cc(Cl)cc2Cl)c1=O. The number of aromatic amines is 2. The van der Waals surface area contributed by atoms with E-state index >= 15 is 0 Å². The number of nitrogens with one attached hydrogen (secondary N) is 2. The number of benzene rings is 3. The Morgan fingerprint density at radius 1 is 0.650 bits per heavy atom. The van der Waals surface area contributed by atoms with Gasteiger partial charge in [-0.15, -0.1) is 0 Å². The van der Waals surface area contributed by atoms with E-state index in [0.717, 1.165) is 4.47 Å². The minimum Gasteiger partial charge on any atom is -0.295 e. The number of nitrogens with zero attached hydrogens (tertiary/aromatic N) is 2. The number of aromatic nitrogens is 4. The van der Waals surface area contributed by atoms with E-state index in [-0.39, 0.29) is 31.5 Å². The van der Waals surface area contributed by atoms with Crippen LogP contribution in [0.5, 0.6) is 0 Å². The van der Waals surface area contributed by atoms with Crippen molar-refractivity contribution in [1.82, 2.24) is 19.6 Å². The van der Waals surface area contributed by atoms with Crippen molar-refractivity contribution >= 4 is 85.5 Å². The lowest BCUT2D eigenvalue weighted by Gasteiger charge is -2.16. The first kappa shape index (κ1) is 29.4. The van der Waals surface area contributed by atoms with E-state index in [2.05, 4.69) is 26.1 Å². The Balaban J connectivity index is 1.80. The molecular formula is C27H17BrCl6N4O2. The van der Waals surface area contributed by atoms with Crippen LogP contribution < -0.4 is 11.1 Å². The van der Waals surface area contributed by atoms with E-state index in [1.807, 2.05) is 24.3 Å². The summed E-state index contributed by atoms with van der Waals surface area (Å²) in [6, 6.07) is 13.3. The maximum absolute atomic E-state index is 14.1. The molecule has 0 saturated heterocycles. The van der Waals surface area contributed by atoms with Gasteiger partial charge in [0.2, 0.25) is 0 Å². The van der Waals surface area contributed by atoms with Gasteiger partial charge in [-0.3, -0.25) is 19.8 Å². The Labute approximate surface area is 266 Å². The fourth-order valence-electron chi connectivity index (χ4n) is 4.74. The van der Waals surface area contributed by atoms with Crippen molar-refractivity contribution in [3.8, 4) is 11.4 Å². The smallest absolute Gasteiger partial charge is 0.275 e. The molecule has 0 radical (unpaired) electrons. The maximum atomic E-state index is 14.1. The summed E-state index contributed by atoms with van der Waals surface area (Å²) in [7, 11) is 0. The fourth-order valence-corrected chi connectivity index (χ4v) is 6.98. The van der Waals surface area contributed by atoms with Crippen LogP contribution in [0.25, 0.3) is 11.4 Å². The lowest BCUT2D eigenvalue weighted by Crippen LogP contribution is -2.25. The molecule has 0 bridgehead atoms. The third kappa shape index (κ3) is 5.18. The second-order valence-electron chi connectivity index (χ2n) is 9.00. The summed E-state index contributed by atoms with van der Waals surface area (Å²) in [6.45, 7) is 3.48. The van der Waals surface area contributed by atoms with Gasteiger partial charge in [0.25, 0.3) is 11.1 Å². The molecule has 0 spiro atoms. The molecule has 2 aromatic heterocycles. The third-order valence-electron chi connectivity index (χ3n) is 6.43. The number of H-pyrrole nitrogens is 2. The molecule has 2 heterocycles. The summed E-state index contributed by atoms with van der Waals surface area (Å²) in [4.78, 5) is 28.2. The zero-order chi connectivity index (χ0) is 29.0. The Bertz CT molecular complexity index is 1740. The molecule has 0 atom stereocenters. The number of hydrogen-bond donors (Lipinski definition) is 2. The van der Waals surface area contributed by atoms with E-state index in [4.69, 9.17) is 69.6 Å². The van der Waals surface area contributed by atoms with Crippen molar-refractivity contribution < 1.29 is 0 Å². The van der Waals surface area contributed by atoms with Crippen LogP contribution in [0.4, 0.5) is 0 Å². The summed E-state index contributed by atoms with van der Waals surface area (Å²) in [5.41, 5.74) is 1.96. The Morgan fingerprint density at radius 3 is 1.35 bits per heavy atom. The molecular weight excluding hydrogens is 705 g/mol. The molecule has 0 aliphatic carbocycles. The van der Waals surface area contributed by atoms with Crippen molar-refractivity contribution in [2.45, 2.75) is 19.8 Å². The Morgan fingerprint density at radius 2 is 1.00 bits per heavy atom. The molecule has 0 aliphatic heterocycles. The quantitative estimate of drug-likeness (QED) is 0.190. The molecule has 3 aromatic carbocycles. The van der Waals surface area contributed by atoms with E-state index in [0.29, 0.717) is 38.1 Å². The third-order valence-corrected chi connectivity index (χ3v) is 8.54. The fraction of sp³-hybridized carbons (Fsp3) is 0.111. The first-order valence-electron chi connectivity index (χ1n) is 11.6. The van der Waals surface area contributed by atoms with Crippen molar-refractivity contribution in [3.63, 3.8) is 0 Å². The van der Waals surface area contributed by atoms with E-state index < -0.39 is 17.0 Å². The number of aryl methyl sites for hydroxylation is 2. The topological polar surface area (TPSA) is 75.6 Å². The van der Waals surface area contributed by atoms with Gasteiger partial charge in [0.15, 0.2) is 0 Å². The van der Waals surface area contributed by atoms with Gasteiger partial charge in [-0.25, -0.2) is 9.36 Å². The highest BCUT2D eigenvalue weighted by atomic mass is 79.9. The average Bonchev–Trinajstić information content (AvgIpc) is 3.29. The standard InChI is InChI=1S/C27H17BrCl6N4O2/c1-11-21(26(39)37(35-11)24-17(31)7-15(29)8-18(24)32)23(13-3-5-14(28)6-4-13)22-12(2)36-38(27(22)40)25-19(33)9-16(30)10-20(25)34/h3-10,23,35-36H,1-2H3. The number of hydrogen-bond acceptors (Lipinski definition) is 2. The van der Waals surface area contributed by atoms with Crippen LogP contribution in [-0.2, 0) is 0 Å². The van der Waals surface area contributed by atoms with Crippen molar-refractivity contribution in [1.29, 1.82) is 0 Å². The summed E-state index contributed by atoms with van der Waals surface area (Å²) in [5.74, 6) is -0.794. The van der Waals surface area contributed by atoms with Crippen molar-refractivity contribution in [2.75, 3.05) is 0 Å². The van der Waals surface area contributed by atoms with Gasteiger partial charge in [-0.2, -0.15) is 0 Å². The monoisotopic (exact) mass is 718 g/mol. The first-order valence-corrected chi connectivity index (χ1v) is 14.6. The molecule has 0 unspecified atom stereocenters. The summed E-state index contributed by atoms with van der Waals surface area (Å²) >= 11 is 41.4. The van der Waals surface area contributed by atoms with Crippen LogP contribution in [-0.4, -0.2) is 19.6 Å². The van der Waals surface area contributed by atoms with Gasteiger partial charge in [0.1, 0.15) is 11.4 Å². The average molecular weight is 722 g/mol. The predicted octanol–water partition coefficient (Wildman–Crippen LogP) is 9.12. The van der Waals surface area contributed by atoms with E-state index in [1.54, 1.807) is 13.8 Å². The summed E-state index contributed by atoms with van der Waals surface area (Å²) in [6.07, 6.45) is 0. The zero-order valence-electron chi connectivity index (χ0n) is 20.6. The molecule has 6 nitrogen and oxygen atoms in total. The highest BCUT2D eigenvalue weighted by Crippen LogP contribution is 2.37. The minimum absolute atomic E-state index is 0.180. The highest BCUT2D eigenvalue weighted by molar-refractivity contribution is 9.10. The highest BCUT2D eigenvalue weighted by Gasteiger charge is 2.32. The largest absolute Gasteiger partial charge is 0.295 e. The normalized spacial score (nSPS) is 11.6. The van der Waals surface area contributed by atoms with Crippen LogP contribution >= 0.6 is 85.5 Å².